The third-order valence-electron chi connectivity index (χ3n) is 0.215. The maximum absolute atomic E-state index is 10.2. The molecular weight excluding hydrogens is 231 g/mol. The van der Waals surface area contributed by atoms with Crippen LogP contribution < -0.4 is 4.49 Å². The van der Waals surface area contributed by atoms with Crippen molar-refractivity contribution in [2.75, 3.05) is 0 Å². The van der Waals surface area contributed by atoms with E-state index < -0.39 is 15.2 Å². The fraction of sp³-hybridized carbons (Fsp3) is 0. The van der Waals surface area contributed by atoms with E-state index in [1.165, 1.54) is 4.49 Å². The van der Waals surface area contributed by atoms with Crippen molar-refractivity contribution in [1.82, 2.24) is 4.49 Å². The van der Waals surface area contributed by atoms with Gasteiger partial charge in [-0.15, -0.1) is 4.49 Å². The van der Waals surface area contributed by atoms with Crippen LogP contribution in [0.2, 0.25) is 0 Å². The van der Waals surface area contributed by atoms with E-state index in [0.29, 0.717) is 0 Å². The zero-order valence-electron chi connectivity index (χ0n) is 3.71. The molecule has 0 aliphatic rings. The lowest BCUT2D eigenvalue weighted by molar-refractivity contribution is 0.585. The molecule has 0 rings (SSSR count). The molecule has 0 unspecified atom stereocenters. The molecule has 1 N–H and O–H groups in total. The van der Waals surface area contributed by atoms with Crippen molar-refractivity contribution >= 4 is 48.4 Å². The highest BCUT2D eigenvalue weighted by Crippen LogP contribution is 2.53. The van der Waals surface area contributed by atoms with E-state index in [2.05, 4.69) is 10.7 Å². The predicted molar refractivity (Wildman–Crippen MR) is 37.2 cm³/mol. The average Bonchev–Trinajstić information content (AvgIpc) is 1.14. The summed E-state index contributed by atoms with van der Waals surface area (Å²) in [5.74, 6) is -3.81. The van der Waals surface area contributed by atoms with Gasteiger partial charge in [-0.2, -0.15) is 8.42 Å². The Hall–Kier alpha value is 1.01. The summed E-state index contributed by atoms with van der Waals surface area (Å²) >= 11 is 9.53. The van der Waals surface area contributed by atoms with Gasteiger partial charge >= 0.3 is 15.2 Å². The third-order valence-corrected chi connectivity index (χ3v) is 3.80. The highest BCUT2D eigenvalue weighted by atomic mass is 35.9. The Labute approximate surface area is 66.0 Å². The van der Waals surface area contributed by atoms with Crippen LogP contribution in [0.4, 0.5) is 0 Å². The summed E-state index contributed by atoms with van der Waals surface area (Å²) in [6, 6.07) is 0. The Balaban J connectivity index is 4.26. The van der Waals surface area contributed by atoms with Crippen LogP contribution in [0, 0.1) is 0 Å². The van der Waals surface area contributed by atoms with Crippen molar-refractivity contribution in [3.63, 3.8) is 0 Å². The molecule has 0 fully saturated rings. The molecule has 0 aromatic heterocycles. The second-order valence-corrected chi connectivity index (χ2v) is 8.12. The van der Waals surface area contributed by atoms with Gasteiger partial charge in [0.25, 0.3) is 0 Å². The number of halogens is 3. The molecule has 9 heteroatoms. The summed E-state index contributed by atoms with van der Waals surface area (Å²) < 4.78 is 31.4. The van der Waals surface area contributed by atoms with Crippen LogP contribution in [-0.4, -0.2) is 8.42 Å². The monoisotopic (exact) mass is 231 g/mol. The lowest BCUT2D eigenvalue weighted by Gasteiger charge is -1.97. The van der Waals surface area contributed by atoms with Crippen molar-refractivity contribution < 1.29 is 13.0 Å². The highest BCUT2D eigenvalue weighted by molar-refractivity contribution is 8.22. The Bertz CT molecular complexity index is 225. The molecule has 0 bridgehead atoms. The molecule has 0 aliphatic heterocycles. The Morgan fingerprint density at radius 2 is 1.67 bits per heavy atom. The molecule has 0 saturated heterocycles. The van der Waals surface area contributed by atoms with E-state index >= 15 is 0 Å². The Kier molecular flexibility index (Phi) is 3.28. The van der Waals surface area contributed by atoms with Crippen LogP contribution in [0.5, 0.6) is 0 Å². The summed E-state index contributed by atoms with van der Waals surface area (Å²) in [6.45, 7) is 0. The van der Waals surface area contributed by atoms with Crippen LogP contribution in [0.25, 0.3) is 0 Å². The van der Waals surface area contributed by atoms with E-state index in [-0.39, 0.29) is 0 Å². The number of hydrogen-bond donors (Lipinski definition) is 1. The van der Waals surface area contributed by atoms with E-state index in [0.717, 1.165) is 0 Å². The summed E-state index contributed by atoms with van der Waals surface area (Å²) in [4.78, 5) is 0. The Morgan fingerprint density at radius 3 is 1.67 bits per heavy atom. The largest absolute Gasteiger partial charge is 0.333 e. The van der Waals surface area contributed by atoms with Gasteiger partial charge in [0.05, 0.1) is 0 Å². The van der Waals surface area contributed by atoms with Crippen molar-refractivity contribution in [2.45, 2.75) is 0 Å². The number of rotatable bonds is 2. The van der Waals surface area contributed by atoms with Gasteiger partial charge in [-0.1, -0.05) is 0 Å². The summed E-state index contributed by atoms with van der Waals surface area (Å²) in [7, 11) is 0.451. The van der Waals surface area contributed by atoms with E-state index in [1.54, 1.807) is 0 Å². The molecule has 9 heavy (non-hydrogen) atoms. The molecule has 0 aromatic carbocycles. The van der Waals surface area contributed by atoms with Gasteiger partial charge in [0, 0.05) is 10.7 Å². The summed E-state index contributed by atoms with van der Waals surface area (Å²) in [6.07, 6.45) is 0. The first-order valence-electron chi connectivity index (χ1n) is 1.44. The lowest BCUT2D eigenvalue weighted by Crippen LogP contribution is -2.08. The van der Waals surface area contributed by atoms with E-state index in [9.17, 15) is 13.0 Å². The van der Waals surface area contributed by atoms with Gasteiger partial charge in [-0.05, 0) is 22.5 Å². The van der Waals surface area contributed by atoms with Crippen molar-refractivity contribution in [3.05, 3.63) is 0 Å². The molecule has 0 atom stereocenters. The van der Waals surface area contributed by atoms with Crippen molar-refractivity contribution in [1.29, 1.82) is 0 Å². The van der Waals surface area contributed by atoms with E-state index in [1.807, 2.05) is 0 Å². The summed E-state index contributed by atoms with van der Waals surface area (Å²) in [5, 5.41) is 0. The third kappa shape index (κ3) is 9.01. The van der Waals surface area contributed by atoms with Gasteiger partial charge in [0.1, 0.15) is 0 Å². The SMILES string of the molecule is O=P(Cl)(Cl)NS(=O)(=O)Cl. The first kappa shape index (κ1) is 10.0. The molecule has 56 valence electrons. The van der Waals surface area contributed by atoms with Crippen LogP contribution in [0.15, 0.2) is 0 Å². The molecule has 0 saturated carbocycles. The molecule has 0 spiro atoms. The first-order chi connectivity index (χ1) is 3.71. The zero-order valence-corrected chi connectivity index (χ0v) is 7.69. The average molecular weight is 232 g/mol. The van der Waals surface area contributed by atoms with Gasteiger partial charge in [0.15, 0.2) is 0 Å². The van der Waals surface area contributed by atoms with Crippen LogP contribution in [-0.2, 0) is 13.8 Å². The maximum atomic E-state index is 10.2. The minimum absolute atomic E-state index is 1.28. The van der Waals surface area contributed by atoms with Crippen LogP contribution in [0.3, 0.4) is 0 Å². The second kappa shape index (κ2) is 2.95. The van der Waals surface area contributed by atoms with Crippen molar-refractivity contribution in [3.8, 4) is 0 Å². The molecular formula is HCl3NO3PS. The molecule has 0 heterocycles. The maximum Gasteiger partial charge on any atom is 0.333 e. The molecule has 0 aliphatic carbocycles. The summed E-state index contributed by atoms with van der Waals surface area (Å²) in [5.41, 5.74) is 0. The van der Waals surface area contributed by atoms with Crippen LogP contribution >= 0.6 is 39.2 Å². The smallest absolute Gasteiger partial charge is 0.270 e. The zero-order chi connectivity index (χ0) is 7.71. The standard InChI is InChI=1S/Cl3HNO3PS/c1-8(2,5)4-9(3,6)7/h(H,4,5). The minimum Gasteiger partial charge on any atom is -0.270 e. The number of hydrogen-bond acceptors (Lipinski definition) is 3. The molecule has 4 nitrogen and oxygen atoms in total. The fourth-order valence-corrected chi connectivity index (χ4v) is 4.29. The van der Waals surface area contributed by atoms with E-state index in [4.69, 9.17) is 22.5 Å². The van der Waals surface area contributed by atoms with Gasteiger partial charge < -0.3 is 0 Å². The molecule has 0 aromatic rings. The minimum atomic E-state index is -4.09. The van der Waals surface area contributed by atoms with Gasteiger partial charge in [0.2, 0.25) is 0 Å². The van der Waals surface area contributed by atoms with Gasteiger partial charge in [-0.25, -0.2) is 0 Å². The Morgan fingerprint density at radius 1 is 1.33 bits per heavy atom. The van der Waals surface area contributed by atoms with Crippen molar-refractivity contribution in [2.24, 2.45) is 0 Å². The second-order valence-electron chi connectivity index (χ2n) is 0.991. The molecule has 0 amide bonds. The quantitative estimate of drug-likeness (QED) is 0.581. The normalized spacial score (nSPS) is 13.7. The molecule has 0 radical (unpaired) electrons. The van der Waals surface area contributed by atoms with Crippen LogP contribution in [0.1, 0.15) is 0 Å². The topological polar surface area (TPSA) is 63.2 Å². The predicted octanol–water partition coefficient (Wildman–Crippen LogP) is 1.65. The highest BCUT2D eigenvalue weighted by Gasteiger charge is 2.20. The van der Waals surface area contributed by atoms with Gasteiger partial charge in [-0.3, -0.25) is 4.57 Å². The number of nitrogens with one attached hydrogen (secondary N) is 1. The first-order valence-corrected chi connectivity index (χ1v) is 7.26. The lowest BCUT2D eigenvalue weighted by atomic mass is 13.9. The fourth-order valence-electron chi connectivity index (χ4n) is 0.127.